The minimum absolute atomic E-state index is 0. The molecule has 2 heterocycles. The van der Waals surface area contributed by atoms with Crippen molar-refractivity contribution in [3.63, 3.8) is 0 Å². The average Bonchev–Trinajstić information content (AvgIpc) is 3.97. The molecule has 4 aliphatic rings. The maximum Gasteiger partial charge on any atom is 0.320 e. The van der Waals surface area contributed by atoms with Crippen LogP contribution in [0.15, 0.2) is 79.7 Å². The maximum atomic E-state index is 12.8. The molecule has 0 radical (unpaired) electrons. The molecular formula is C37H46Br2FN4O7S4-. The van der Waals surface area contributed by atoms with Gasteiger partial charge in [0.25, 0.3) is 0 Å². The summed E-state index contributed by atoms with van der Waals surface area (Å²) in [4.78, 5) is 34.9. The van der Waals surface area contributed by atoms with E-state index in [-0.39, 0.29) is 26.0 Å². The number of halogens is 3. The van der Waals surface area contributed by atoms with E-state index in [9.17, 15) is 35.9 Å². The van der Waals surface area contributed by atoms with E-state index in [0.717, 1.165) is 79.1 Å². The van der Waals surface area contributed by atoms with Gasteiger partial charge in [-0.05, 0) is 113 Å². The van der Waals surface area contributed by atoms with Gasteiger partial charge in [-0.15, -0.1) is 23.5 Å². The van der Waals surface area contributed by atoms with Crippen LogP contribution in [0.5, 0.6) is 0 Å². The van der Waals surface area contributed by atoms with Gasteiger partial charge in [-0.2, -0.15) is 0 Å². The van der Waals surface area contributed by atoms with Gasteiger partial charge in [-0.3, -0.25) is 28.7 Å². The third-order valence-corrected chi connectivity index (χ3v) is 16.6. The lowest BCUT2D eigenvalue weighted by atomic mass is 9.84. The summed E-state index contributed by atoms with van der Waals surface area (Å²) >= 11 is 9.85. The lowest BCUT2D eigenvalue weighted by Gasteiger charge is -2.39. The van der Waals surface area contributed by atoms with Crippen molar-refractivity contribution in [2.75, 3.05) is 7.15 Å². The van der Waals surface area contributed by atoms with Crippen molar-refractivity contribution in [2.24, 2.45) is 5.14 Å². The molecule has 11 nitrogen and oxygen atoms in total. The van der Waals surface area contributed by atoms with Gasteiger partial charge >= 0.3 is 5.97 Å². The smallest absolute Gasteiger partial charge is 0.320 e. The molecule has 0 atom stereocenters. The largest absolute Gasteiger partial charge is 0.480 e. The highest BCUT2D eigenvalue weighted by Crippen LogP contribution is 2.50. The second kappa shape index (κ2) is 19.4. The molecule has 4 saturated carbocycles. The van der Waals surface area contributed by atoms with E-state index in [1.807, 2.05) is 48.5 Å². The van der Waals surface area contributed by atoms with Gasteiger partial charge in [0.05, 0.1) is 30.1 Å². The number of alkyl halides is 1. The number of carbonyl (C=O) groups excluding carboxylic acids is 1. The molecule has 0 bridgehead atoms. The van der Waals surface area contributed by atoms with Crippen LogP contribution in [0, 0.1) is 7.43 Å². The Morgan fingerprint density at radius 1 is 0.836 bits per heavy atom. The van der Waals surface area contributed by atoms with Crippen LogP contribution >= 0.6 is 55.4 Å². The van der Waals surface area contributed by atoms with Crippen LogP contribution in [0.1, 0.15) is 73.0 Å². The number of fused-ring (bicyclic) bond motifs is 2. The van der Waals surface area contributed by atoms with Crippen LogP contribution in [-0.4, -0.2) is 70.9 Å². The summed E-state index contributed by atoms with van der Waals surface area (Å²) in [6.45, 7) is 0. The van der Waals surface area contributed by atoms with Crippen LogP contribution in [0.3, 0.4) is 0 Å². The number of sulfonamides is 2. The number of pyridine rings is 2. The van der Waals surface area contributed by atoms with Crippen molar-refractivity contribution < 1.29 is 37.3 Å². The molecule has 2 aromatic carbocycles. The van der Waals surface area contributed by atoms with Crippen LogP contribution < -0.4 is 9.86 Å². The average molecular weight is 967 g/mol. The summed E-state index contributed by atoms with van der Waals surface area (Å²) in [5.41, 5.74) is 1.75. The Hall–Kier alpha value is -2.35. The van der Waals surface area contributed by atoms with E-state index in [2.05, 4.69) is 46.5 Å². The molecule has 18 heteroatoms. The van der Waals surface area contributed by atoms with E-state index < -0.39 is 47.9 Å². The summed E-state index contributed by atoms with van der Waals surface area (Å²) in [5, 5.41) is 15.5. The van der Waals surface area contributed by atoms with Gasteiger partial charge in [-0.25, -0.2) is 22.0 Å². The third kappa shape index (κ3) is 11.6. The Kier molecular flexibility index (Phi) is 16.0. The number of hydrogen-bond acceptors (Lipinski definition) is 10. The highest BCUT2D eigenvalue weighted by atomic mass is 79.9. The van der Waals surface area contributed by atoms with Gasteiger partial charge in [-0.1, -0.05) is 39.3 Å². The lowest BCUT2D eigenvalue weighted by molar-refractivity contribution is -0.142. The van der Waals surface area contributed by atoms with E-state index in [0.29, 0.717) is 25.7 Å². The second-order valence-electron chi connectivity index (χ2n) is 13.1. The van der Waals surface area contributed by atoms with Crippen LogP contribution in [0.25, 0.3) is 21.8 Å². The van der Waals surface area contributed by atoms with Crippen molar-refractivity contribution in [1.29, 1.82) is 0 Å². The fourth-order valence-corrected chi connectivity index (χ4v) is 11.4. The molecule has 1 amide bonds. The molecule has 0 aliphatic heterocycles. The molecule has 4 N–H and O–H groups in total. The number of benzene rings is 2. The Morgan fingerprint density at radius 2 is 1.25 bits per heavy atom. The zero-order valence-corrected chi connectivity index (χ0v) is 35.8. The Bertz CT molecular complexity index is 2240. The first-order chi connectivity index (χ1) is 25.5. The maximum absolute atomic E-state index is 12.8. The van der Waals surface area contributed by atoms with Gasteiger partial charge in [0.1, 0.15) is 9.49 Å². The summed E-state index contributed by atoms with van der Waals surface area (Å²) < 4.78 is 63.0. The predicted molar refractivity (Wildman–Crippen MR) is 228 cm³/mol. The molecule has 0 spiro atoms. The monoisotopic (exact) mass is 964 g/mol. The molecule has 8 rings (SSSR count). The van der Waals surface area contributed by atoms with E-state index in [1.54, 1.807) is 12.4 Å². The number of rotatable bonds is 9. The number of aliphatic carboxylic acids is 1. The van der Waals surface area contributed by atoms with Gasteiger partial charge in [0.2, 0.25) is 26.0 Å². The fraction of sp³-hybridized carbons (Fsp3) is 0.432. The zero-order valence-electron chi connectivity index (χ0n) is 30.3. The highest BCUT2D eigenvalue weighted by Gasteiger charge is 2.49. The van der Waals surface area contributed by atoms with E-state index >= 15 is 0 Å². The van der Waals surface area contributed by atoms with Crippen LogP contribution in [0.4, 0.5) is 4.39 Å². The standard InChI is InChI=1S/C17H17BrN2O3S2.C14H12BrNO2S.C3H7NO2S.CH3F.CH4.CH3/c18-11-2-5-14-13(10-11)15(6-9-19-14)24-17(7-1-8-17)16(21)20-25(22,23)12-3-4-12;15-9-2-3-11-10(8-9)12(4-7-16-11)19-14(13(17)18)5-1-6-14;4-7(5,6)3-1-2-3;1-2;;/h2,5-6,9-10,12H,1,3-4,7-8H2,(H,20,21);2-4,7-8H,1,5-6H2,(H,17,18);3H,1-2H2,(H2,4,5,6);1H3;1H4;1H3/q;;;;;-1/i;;;1D;;. The summed E-state index contributed by atoms with van der Waals surface area (Å²) in [6, 6.07) is 15.5. The number of hydrogen-bond donors (Lipinski definition) is 3. The molecule has 4 aliphatic carbocycles. The van der Waals surface area contributed by atoms with Crippen molar-refractivity contribution in [3.8, 4) is 0 Å². The molecular weight excluding hydrogens is 920 g/mol. The number of aromatic nitrogens is 2. The normalized spacial score (nSPS) is 17.9. The number of nitrogens with two attached hydrogens (primary N) is 1. The Balaban J connectivity index is 0.000000239. The Morgan fingerprint density at radius 3 is 1.58 bits per heavy atom. The number of thioether (sulfide) groups is 2. The molecule has 302 valence electrons. The molecule has 0 saturated heterocycles. The topological polar surface area (TPSA) is 186 Å². The van der Waals surface area contributed by atoms with Crippen molar-refractivity contribution >= 4 is 109 Å². The first kappa shape index (κ1) is 45.4. The third-order valence-electron chi connectivity index (χ3n) is 9.25. The minimum Gasteiger partial charge on any atom is -0.480 e. The first-order valence-corrected chi connectivity index (χ1v) is 23.0. The number of nitrogens with zero attached hydrogens (tertiary/aromatic N) is 2. The fourth-order valence-electron chi connectivity index (χ4n) is 5.60. The second-order valence-corrected chi connectivity index (χ2v) is 21.6. The van der Waals surface area contributed by atoms with Crippen molar-refractivity contribution in [3.05, 3.63) is 77.3 Å². The van der Waals surface area contributed by atoms with Gasteiger partial charge in [0, 0.05) is 41.9 Å². The molecule has 4 aromatic rings. The quantitative estimate of drug-likeness (QED) is 0.136. The molecule has 4 fully saturated rings. The van der Waals surface area contributed by atoms with Crippen molar-refractivity contribution in [2.45, 2.75) is 101 Å². The lowest BCUT2D eigenvalue weighted by Crippen LogP contribution is -2.51. The highest BCUT2D eigenvalue weighted by molar-refractivity contribution is 9.10. The summed E-state index contributed by atoms with van der Waals surface area (Å²) in [5.74, 6) is -1.08. The number of amides is 1. The summed E-state index contributed by atoms with van der Waals surface area (Å²) in [6.07, 6.45) is 11.0. The molecule has 2 aromatic heterocycles. The summed E-state index contributed by atoms with van der Waals surface area (Å²) in [7, 11) is -7.65. The number of carbonyl (C=O) groups is 2. The van der Waals surface area contributed by atoms with Crippen molar-refractivity contribution in [1.82, 2.24) is 14.7 Å². The SMILES string of the molecule is C.NS(=O)(=O)C1CC1.O=C(NS(=O)(=O)C1CC1)C1(Sc2ccnc3ccc(Br)cc23)CCC1.O=C(O)C1(Sc2ccnc3ccc(Br)cc23)CCC1.[2H]CF.[CH3-]. The Labute approximate surface area is 349 Å². The zero-order chi connectivity index (χ0) is 39.3. The minimum atomic E-state index is -3.52. The number of nitrogens with one attached hydrogen (secondary N) is 1. The van der Waals surface area contributed by atoms with Gasteiger partial charge < -0.3 is 12.5 Å². The first-order valence-electron chi connectivity index (χ1n) is 17.4. The van der Waals surface area contributed by atoms with Gasteiger partial charge in [0.15, 0.2) is 0 Å². The number of carboxylic acid groups (broad SMARTS) is 1. The molecule has 0 unspecified atom stereocenters. The number of primary sulfonamides is 1. The van der Waals surface area contributed by atoms with Crippen LogP contribution in [0.2, 0.25) is 0 Å². The molecule has 55 heavy (non-hydrogen) atoms. The number of carboxylic acids is 1. The van der Waals surface area contributed by atoms with E-state index in [1.165, 1.54) is 23.5 Å². The predicted octanol–water partition coefficient (Wildman–Crippen LogP) is 8.83. The van der Waals surface area contributed by atoms with Crippen LogP contribution in [-0.2, 0) is 29.6 Å². The van der Waals surface area contributed by atoms with E-state index in [4.69, 9.17) is 6.51 Å².